The van der Waals surface area contributed by atoms with E-state index in [2.05, 4.69) is 14.5 Å². The Hall–Kier alpha value is -1.25. The van der Waals surface area contributed by atoms with Gasteiger partial charge >= 0.3 is 0 Å². The zero-order chi connectivity index (χ0) is 6.97. The SMILES string of the molecule is CN1C=Cc2nccn2C1. The highest BCUT2D eigenvalue weighted by Crippen LogP contribution is 2.07. The van der Waals surface area contributed by atoms with Gasteiger partial charge in [0.15, 0.2) is 0 Å². The second kappa shape index (κ2) is 1.87. The summed E-state index contributed by atoms with van der Waals surface area (Å²) < 4.78 is 2.10. The smallest absolute Gasteiger partial charge is 0.135 e. The standard InChI is InChI=1S/C7H9N3/c1-9-4-2-7-8-3-5-10(7)6-9/h2-5H,6H2,1H3. The molecule has 0 aliphatic carbocycles. The molecule has 0 fully saturated rings. The van der Waals surface area contributed by atoms with Crippen LogP contribution in [0, 0.1) is 0 Å². The van der Waals surface area contributed by atoms with Gasteiger partial charge in [-0.2, -0.15) is 0 Å². The molecule has 0 bridgehead atoms. The van der Waals surface area contributed by atoms with E-state index in [0.717, 1.165) is 12.5 Å². The van der Waals surface area contributed by atoms with E-state index in [9.17, 15) is 0 Å². The van der Waals surface area contributed by atoms with Crippen LogP contribution in [0.2, 0.25) is 0 Å². The van der Waals surface area contributed by atoms with Crippen molar-refractivity contribution in [1.29, 1.82) is 0 Å². The van der Waals surface area contributed by atoms with Gasteiger partial charge in [0.25, 0.3) is 0 Å². The highest BCUT2D eigenvalue weighted by Gasteiger charge is 2.04. The third-order valence-corrected chi connectivity index (χ3v) is 1.60. The molecule has 0 unspecified atom stereocenters. The van der Waals surface area contributed by atoms with Gasteiger partial charge in [0.2, 0.25) is 0 Å². The first kappa shape index (κ1) is 5.53. The molecule has 0 radical (unpaired) electrons. The van der Waals surface area contributed by atoms with Gasteiger partial charge in [-0.05, 0) is 6.08 Å². The Balaban J connectivity index is 2.43. The molecule has 2 heterocycles. The maximum atomic E-state index is 4.14. The van der Waals surface area contributed by atoms with E-state index in [4.69, 9.17) is 0 Å². The number of hydrogen-bond donors (Lipinski definition) is 0. The Morgan fingerprint density at radius 3 is 3.40 bits per heavy atom. The predicted molar refractivity (Wildman–Crippen MR) is 39.0 cm³/mol. The van der Waals surface area contributed by atoms with E-state index < -0.39 is 0 Å². The minimum Gasteiger partial charge on any atom is -0.363 e. The first-order valence-electron chi connectivity index (χ1n) is 3.26. The van der Waals surface area contributed by atoms with Crippen molar-refractivity contribution in [1.82, 2.24) is 14.5 Å². The monoisotopic (exact) mass is 135 g/mol. The molecule has 10 heavy (non-hydrogen) atoms. The van der Waals surface area contributed by atoms with Crippen molar-refractivity contribution in [3.8, 4) is 0 Å². The van der Waals surface area contributed by atoms with E-state index in [-0.39, 0.29) is 0 Å². The Bertz CT molecular complexity index is 262. The summed E-state index contributed by atoms with van der Waals surface area (Å²) in [7, 11) is 2.04. The molecule has 0 N–H and O–H groups in total. The molecule has 1 aromatic heterocycles. The zero-order valence-corrected chi connectivity index (χ0v) is 5.86. The lowest BCUT2D eigenvalue weighted by Crippen LogP contribution is -2.19. The minimum atomic E-state index is 0.909. The maximum absolute atomic E-state index is 4.14. The number of hydrogen-bond acceptors (Lipinski definition) is 2. The van der Waals surface area contributed by atoms with Crippen LogP contribution in [-0.4, -0.2) is 21.5 Å². The van der Waals surface area contributed by atoms with Gasteiger partial charge in [0, 0.05) is 25.6 Å². The fourth-order valence-corrected chi connectivity index (χ4v) is 1.08. The van der Waals surface area contributed by atoms with Crippen LogP contribution in [0.4, 0.5) is 0 Å². The number of rotatable bonds is 0. The molecule has 0 amide bonds. The van der Waals surface area contributed by atoms with Gasteiger partial charge < -0.3 is 9.47 Å². The third-order valence-electron chi connectivity index (χ3n) is 1.60. The summed E-state index contributed by atoms with van der Waals surface area (Å²) in [5.74, 6) is 1.04. The highest BCUT2D eigenvalue weighted by atomic mass is 15.3. The average molecular weight is 135 g/mol. The molecule has 52 valence electrons. The second-order valence-corrected chi connectivity index (χ2v) is 2.47. The topological polar surface area (TPSA) is 21.1 Å². The van der Waals surface area contributed by atoms with Crippen molar-refractivity contribution in [2.75, 3.05) is 7.05 Å². The Morgan fingerprint density at radius 1 is 1.60 bits per heavy atom. The van der Waals surface area contributed by atoms with Crippen LogP contribution in [0.3, 0.4) is 0 Å². The van der Waals surface area contributed by atoms with Crippen LogP contribution in [0.15, 0.2) is 18.6 Å². The van der Waals surface area contributed by atoms with Gasteiger partial charge in [0.1, 0.15) is 5.82 Å². The summed E-state index contributed by atoms with van der Waals surface area (Å²) in [6.45, 7) is 0.909. The van der Waals surface area contributed by atoms with Crippen LogP contribution in [0.25, 0.3) is 6.08 Å². The van der Waals surface area contributed by atoms with E-state index in [1.807, 2.05) is 31.7 Å². The predicted octanol–water partition coefficient (Wildman–Crippen LogP) is 0.757. The van der Waals surface area contributed by atoms with Crippen molar-refractivity contribution in [3.05, 3.63) is 24.4 Å². The summed E-state index contributed by atoms with van der Waals surface area (Å²) in [6.07, 6.45) is 7.83. The molecule has 0 atom stereocenters. The van der Waals surface area contributed by atoms with Crippen LogP contribution < -0.4 is 0 Å². The number of imidazole rings is 1. The summed E-state index contributed by atoms with van der Waals surface area (Å²) >= 11 is 0. The van der Waals surface area contributed by atoms with Crippen molar-refractivity contribution >= 4 is 6.08 Å². The van der Waals surface area contributed by atoms with Gasteiger partial charge in [0.05, 0.1) is 6.67 Å². The third kappa shape index (κ3) is 0.708. The molecule has 0 saturated carbocycles. The van der Waals surface area contributed by atoms with Gasteiger partial charge in [-0.3, -0.25) is 0 Å². The normalized spacial score (nSPS) is 15.5. The van der Waals surface area contributed by atoms with E-state index in [1.54, 1.807) is 0 Å². The first-order valence-corrected chi connectivity index (χ1v) is 3.26. The lowest BCUT2D eigenvalue weighted by Gasteiger charge is -2.19. The fraction of sp³-hybridized carbons (Fsp3) is 0.286. The van der Waals surface area contributed by atoms with Crippen molar-refractivity contribution in [3.63, 3.8) is 0 Å². The molecule has 0 aromatic carbocycles. The summed E-state index contributed by atoms with van der Waals surface area (Å²) in [5, 5.41) is 0. The van der Waals surface area contributed by atoms with Crippen molar-refractivity contribution < 1.29 is 0 Å². The number of aromatic nitrogens is 2. The molecule has 0 saturated heterocycles. The molecule has 1 aliphatic rings. The fourth-order valence-electron chi connectivity index (χ4n) is 1.08. The summed E-state index contributed by atoms with van der Waals surface area (Å²) in [4.78, 5) is 6.25. The molecule has 0 spiro atoms. The molecule has 3 heteroatoms. The van der Waals surface area contributed by atoms with Crippen molar-refractivity contribution in [2.24, 2.45) is 0 Å². The van der Waals surface area contributed by atoms with Crippen LogP contribution in [0.5, 0.6) is 0 Å². The van der Waals surface area contributed by atoms with Gasteiger partial charge in [-0.25, -0.2) is 4.98 Å². The molecular weight excluding hydrogens is 126 g/mol. The molecule has 1 aromatic rings. The molecule has 1 aliphatic heterocycles. The average Bonchev–Trinajstić information content (AvgIpc) is 2.33. The Labute approximate surface area is 59.6 Å². The minimum absolute atomic E-state index is 0.909. The molecule has 2 rings (SSSR count). The first-order chi connectivity index (χ1) is 4.86. The lowest BCUT2D eigenvalue weighted by atomic mass is 10.5. The molecule has 3 nitrogen and oxygen atoms in total. The van der Waals surface area contributed by atoms with Crippen molar-refractivity contribution in [2.45, 2.75) is 6.67 Å². The van der Waals surface area contributed by atoms with Gasteiger partial charge in [-0.1, -0.05) is 0 Å². The largest absolute Gasteiger partial charge is 0.363 e. The van der Waals surface area contributed by atoms with E-state index >= 15 is 0 Å². The number of fused-ring (bicyclic) bond motifs is 1. The Morgan fingerprint density at radius 2 is 2.50 bits per heavy atom. The summed E-state index contributed by atoms with van der Waals surface area (Å²) in [6, 6.07) is 0. The highest BCUT2D eigenvalue weighted by molar-refractivity contribution is 5.41. The quantitative estimate of drug-likeness (QED) is 0.523. The Kier molecular flexibility index (Phi) is 1.03. The number of nitrogens with zero attached hydrogens (tertiary/aromatic N) is 3. The lowest BCUT2D eigenvalue weighted by molar-refractivity contribution is 0.356. The van der Waals surface area contributed by atoms with Crippen LogP contribution >= 0.6 is 0 Å². The van der Waals surface area contributed by atoms with Crippen LogP contribution in [-0.2, 0) is 6.67 Å². The second-order valence-electron chi connectivity index (χ2n) is 2.47. The van der Waals surface area contributed by atoms with E-state index in [1.165, 1.54) is 0 Å². The van der Waals surface area contributed by atoms with E-state index in [0.29, 0.717) is 0 Å². The zero-order valence-electron chi connectivity index (χ0n) is 5.86. The molecular formula is C7H9N3. The summed E-state index contributed by atoms with van der Waals surface area (Å²) in [5.41, 5.74) is 0. The van der Waals surface area contributed by atoms with Gasteiger partial charge in [-0.15, -0.1) is 0 Å². The maximum Gasteiger partial charge on any atom is 0.135 e. The van der Waals surface area contributed by atoms with Crippen LogP contribution in [0.1, 0.15) is 5.82 Å².